The van der Waals surface area contributed by atoms with Crippen LogP contribution in [0.4, 0.5) is 17.5 Å². The number of hydrogen-bond donors (Lipinski definition) is 1. The highest BCUT2D eigenvalue weighted by Gasteiger charge is 2.46. The molecule has 3 aromatic rings. The molecule has 1 saturated carbocycles. The molecule has 0 unspecified atom stereocenters. The van der Waals surface area contributed by atoms with Gasteiger partial charge < -0.3 is 24.4 Å². The van der Waals surface area contributed by atoms with Crippen LogP contribution < -0.4 is 15.0 Å². The monoisotopic (exact) mass is 475 g/mol. The first-order chi connectivity index (χ1) is 17.1. The first-order valence-electron chi connectivity index (χ1n) is 11.8. The summed E-state index contributed by atoms with van der Waals surface area (Å²) in [5.74, 6) is 1.70. The lowest BCUT2D eigenvalue weighted by Crippen LogP contribution is -2.43. The maximum atomic E-state index is 12.4. The Hall–Kier alpha value is -3.72. The maximum absolute atomic E-state index is 12.4. The Labute approximate surface area is 204 Å². The summed E-state index contributed by atoms with van der Waals surface area (Å²) in [4.78, 5) is 28.5. The molecule has 0 bridgehead atoms. The Bertz CT molecular complexity index is 1170. The minimum atomic E-state index is -0.519. The highest BCUT2D eigenvalue weighted by atomic mass is 16.5. The Morgan fingerprint density at radius 3 is 2.43 bits per heavy atom. The molecule has 5 rings (SSSR count). The van der Waals surface area contributed by atoms with E-state index in [-0.39, 0.29) is 5.97 Å². The summed E-state index contributed by atoms with van der Waals surface area (Å²) < 4.78 is 15.8. The van der Waals surface area contributed by atoms with Gasteiger partial charge in [-0.25, -0.2) is 9.97 Å². The SMILES string of the molecule is COC(=O)C1(c2ccc(Nc3nc(-c4ccc(OC)nc4)cc(N4CCOCC4)n3)cc2)CCC1. The molecule has 9 nitrogen and oxygen atoms in total. The third kappa shape index (κ3) is 4.64. The van der Waals surface area contributed by atoms with Crippen molar-refractivity contribution in [2.75, 3.05) is 50.7 Å². The second-order valence-electron chi connectivity index (χ2n) is 8.75. The smallest absolute Gasteiger partial charge is 0.316 e. The number of esters is 1. The van der Waals surface area contributed by atoms with Crippen LogP contribution in [0.5, 0.6) is 5.88 Å². The van der Waals surface area contributed by atoms with Crippen molar-refractivity contribution in [1.82, 2.24) is 15.0 Å². The molecular formula is C26H29N5O4. The van der Waals surface area contributed by atoms with Gasteiger partial charge >= 0.3 is 5.97 Å². The molecule has 1 saturated heterocycles. The lowest BCUT2D eigenvalue weighted by atomic mass is 9.64. The van der Waals surface area contributed by atoms with Crippen molar-refractivity contribution >= 4 is 23.4 Å². The van der Waals surface area contributed by atoms with E-state index in [0.717, 1.165) is 60.7 Å². The first-order valence-corrected chi connectivity index (χ1v) is 11.8. The second kappa shape index (κ2) is 9.87. The maximum Gasteiger partial charge on any atom is 0.316 e. The second-order valence-corrected chi connectivity index (χ2v) is 8.75. The molecule has 1 aliphatic carbocycles. The molecule has 2 aromatic heterocycles. The molecule has 2 aliphatic rings. The summed E-state index contributed by atoms with van der Waals surface area (Å²) in [7, 11) is 3.04. The molecule has 2 fully saturated rings. The van der Waals surface area contributed by atoms with Crippen LogP contribution in [0.1, 0.15) is 24.8 Å². The third-order valence-corrected chi connectivity index (χ3v) is 6.77. The molecule has 35 heavy (non-hydrogen) atoms. The van der Waals surface area contributed by atoms with Crippen LogP contribution in [-0.4, -0.2) is 61.4 Å². The number of carbonyl (C=O) groups excluding carboxylic acids is 1. The lowest BCUT2D eigenvalue weighted by molar-refractivity contribution is -0.151. The number of hydrogen-bond acceptors (Lipinski definition) is 9. The van der Waals surface area contributed by atoms with Crippen molar-refractivity contribution in [3.63, 3.8) is 0 Å². The summed E-state index contributed by atoms with van der Waals surface area (Å²) in [5, 5.41) is 3.33. The van der Waals surface area contributed by atoms with Gasteiger partial charge in [0.15, 0.2) is 0 Å². The van der Waals surface area contributed by atoms with Crippen molar-refractivity contribution < 1.29 is 19.0 Å². The number of aromatic nitrogens is 3. The quantitative estimate of drug-likeness (QED) is 0.513. The normalized spacial score (nSPS) is 16.8. The van der Waals surface area contributed by atoms with Gasteiger partial charge in [0.1, 0.15) is 5.82 Å². The van der Waals surface area contributed by atoms with Crippen LogP contribution in [0, 0.1) is 0 Å². The number of benzene rings is 1. The number of carbonyl (C=O) groups is 1. The fraction of sp³-hybridized carbons (Fsp3) is 0.385. The summed E-state index contributed by atoms with van der Waals surface area (Å²) in [6.07, 6.45) is 4.40. The predicted molar refractivity (Wildman–Crippen MR) is 132 cm³/mol. The number of rotatable bonds is 7. The first kappa shape index (κ1) is 23.0. The van der Waals surface area contributed by atoms with Gasteiger partial charge in [-0.05, 0) is 36.6 Å². The zero-order chi connectivity index (χ0) is 24.3. The molecule has 3 heterocycles. The molecule has 9 heteroatoms. The van der Waals surface area contributed by atoms with E-state index in [1.54, 1.807) is 13.3 Å². The van der Waals surface area contributed by atoms with E-state index in [1.807, 2.05) is 42.5 Å². The molecular weight excluding hydrogens is 446 g/mol. The minimum Gasteiger partial charge on any atom is -0.481 e. The predicted octanol–water partition coefficient (Wildman–Crippen LogP) is 3.72. The molecule has 0 atom stereocenters. The average molecular weight is 476 g/mol. The van der Waals surface area contributed by atoms with Crippen LogP contribution in [0.3, 0.4) is 0 Å². The molecule has 1 aliphatic heterocycles. The number of ether oxygens (including phenoxy) is 3. The summed E-state index contributed by atoms with van der Waals surface area (Å²) in [5.41, 5.74) is 2.93. The Kier molecular flexibility index (Phi) is 6.50. The van der Waals surface area contributed by atoms with E-state index in [2.05, 4.69) is 15.2 Å². The number of nitrogens with zero attached hydrogens (tertiary/aromatic N) is 4. The van der Waals surface area contributed by atoms with Crippen molar-refractivity contribution in [3.05, 3.63) is 54.2 Å². The number of methoxy groups -OCH3 is 2. The minimum absolute atomic E-state index is 0.163. The van der Waals surface area contributed by atoms with E-state index in [1.165, 1.54) is 7.11 Å². The van der Waals surface area contributed by atoms with Gasteiger partial charge in [0.2, 0.25) is 11.8 Å². The number of anilines is 3. The molecule has 1 aromatic carbocycles. The molecule has 1 N–H and O–H groups in total. The average Bonchev–Trinajstić information content (AvgIpc) is 2.89. The van der Waals surface area contributed by atoms with E-state index >= 15 is 0 Å². The Balaban J connectivity index is 1.43. The topological polar surface area (TPSA) is 98.7 Å². The summed E-state index contributed by atoms with van der Waals surface area (Å²) >= 11 is 0. The van der Waals surface area contributed by atoms with Gasteiger partial charge in [-0.15, -0.1) is 0 Å². The van der Waals surface area contributed by atoms with Crippen LogP contribution >= 0.6 is 0 Å². The van der Waals surface area contributed by atoms with Crippen molar-refractivity contribution in [2.45, 2.75) is 24.7 Å². The van der Waals surface area contributed by atoms with Crippen LogP contribution in [-0.2, 0) is 19.7 Å². The van der Waals surface area contributed by atoms with Gasteiger partial charge in [0.25, 0.3) is 0 Å². The van der Waals surface area contributed by atoms with Gasteiger partial charge in [0, 0.05) is 42.7 Å². The number of morpholine rings is 1. The van der Waals surface area contributed by atoms with Crippen molar-refractivity contribution in [1.29, 1.82) is 0 Å². The zero-order valence-corrected chi connectivity index (χ0v) is 20.0. The lowest BCUT2D eigenvalue weighted by Gasteiger charge is -2.39. The van der Waals surface area contributed by atoms with Crippen molar-refractivity contribution in [2.24, 2.45) is 0 Å². The van der Waals surface area contributed by atoms with Crippen molar-refractivity contribution in [3.8, 4) is 17.1 Å². The Morgan fingerprint density at radius 2 is 1.83 bits per heavy atom. The fourth-order valence-electron chi connectivity index (χ4n) is 4.58. The molecule has 0 radical (unpaired) electrons. The third-order valence-electron chi connectivity index (χ3n) is 6.77. The standard InChI is InChI=1S/C26H29N5O4/c1-33-23-9-4-18(17-27-23)21-16-22(31-12-14-35-15-13-31)30-25(29-21)28-20-7-5-19(6-8-20)26(10-3-11-26)24(32)34-2/h4-9,16-17H,3,10-15H2,1-2H3,(H,28,29,30). The number of pyridine rings is 1. The highest BCUT2D eigenvalue weighted by molar-refractivity contribution is 5.84. The van der Waals surface area contributed by atoms with Gasteiger partial charge in [0.05, 0.1) is 38.5 Å². The largest absolute Gasteiger partial charge is 0.481 e. The van der Waals surface area contributed by atoms with Crippen LogP contribution in [0.15, 0.2) is 48.7 Å². The highest BCUT2D eigenvalue weighted by Crippen LogP contribution is 2.45. The molecule has 0 amide bonds. The van der Waals surface area contributed by atoms with E-state index < -0.39 is 5.41 Å². The van der Waals surface area contributed by atoms with Crippen LogP contribution in [0.2, 0.25) is 0 Å². The number of nitrogens with one attached hydrogen (secondary N) is 1. The van der Waals surface area contributed by atoms with Gasteiger partial charge in [-0.1, -0.05) is 18.6 Å². The zero-order valence-electron chi connectivity index (χ0n) is 20.0. The van der Waals surface area contributed by atoms with E-state index in [4.69, 9.17) is 24.2 Å². The Morgan fingerprint density at radius 1 is 1.06 bits per heavy atom. The summed E-state index contributed by atoms with van der Waals surface area (Å²) in [6, 6.07) is 13.6. The van der Waals surface area contributed by atoms with Crippen LogP contribution in [0.25, 0.3) is 11.3 Å². The van der Waals surface area contributed by atoms with E-state index in [9.17, 15) is 4.79 Å². The summed E-state index contributed by atoms with van der Waals surface area (Å²) in [6.45, 7) is 2.85. The van der Waals surface area contributed by atoms with Gasteiger partial charge in [-0.3, -0.25) is 4.79 Å². The fourth-order valence-corrected chi connectivity index (χ4v) is 4.58. The molecule has 0 spiro atoms. The van der Waals surface area contributed by atoms with Gasteiger partial charge in [-0.2, -0.15) is 4.98 Å². The molecule has 182 valence electrons. The van der Waals surface area contributed by atoms with E-state index in [0.29, 0.717) is 25.0 Å².